The molecule has 0 saturated heterocycles. The van der Waals surface area contributed by atoms with Crippen LogP contribution < -0.4 is 5.73 Å². The van der Waals surface area contributed by atoms with Gasteiger partial charge in [0.1, 0.15) is 37.3 Å². The van der Waals surface area contributed by atoms with Crippen LogP contribution in [0.25, 0.3) is 0 Å². The van der Waals surface area contributed by atoms with E-state index in [1.165, 1.54) is 0 Å². The van der Waals surface area contributed by atoms with Crippen LogP contribution >= 0.6 is 0 Å². The zero-order chi connectivity index (χ0) is 21.4. The molecule has 0 fully saturated rings. The van der Waals surface area contributed by atoms with Crippen LogP contribution in [0.15, 0.2) is 17.2 Å². The van der Waals surface area contributed by atoms with Gasteiger partial charge in [0.15, 0.2) is 5.76 Å². The lowest BCUT2D eigenvalue weighted by molar-refractivity contribution is -0.143. The Morgan fingerprint density at radius 3 is 2.36 bits per heavy atom. The lowest BCUT2D eigenvalue weighted by atomic mass is 10.0. The van der Waals surface area contributed by atoms with E-state index >= 15 is 0 Å². The molecule has 0 spiro atoms. The van der Waals surface area contributed by atoms with Gasteiger partial charge in [0.25, 0.3) is 0 Å². The molecular weight excluding hydrogens is 384 g/mol. The number of hydrogen-bond donors (Lipinski definition) is 7. The summed E-state index contributed by atoms with van der Waals surface area (Å²) in [5.74, 6) is -1.29. The Kier molecular flexibility index (Phi) is 15.1. The minimum absolute atomic E-state index is 0.204. The van der Waals surface area contributed by atoms with Crippen LogP contribution in [-0.4, -0.2) is 113 Å². The number of oxime groups is 1. The topological polar surface area (TPSA) is 214 Å². The second-order valence-corrected chi connectivity index (χ2v) is 5.30. The van der Waals surface area contributed by atoms with Crippen molar-refractivity contribution in [3.8, 4) is 0 Å². The Labute approximate surface area is 161 Å². The Balaban J connectivity index is 4.00. The van der Waals surface area contributed by atoms with Gasteiger partial charge in [-0.05, 0) is 0 Å². The summed E-state index contributed by atoms with van der Waals surface area (Å²) in [6.45, 7) is -0.413. The summed E-state index contributed by atoms with van der Waals surface area (Å²) >= 11 is 0. The highest BCUT2D eigenvalue weighted by atomic mass is 16.7. The predicted octanol–water partition coefficient (Wildman–Crippen LogP) is -3.64. The van der Waals surface area contributed by atoms with Gasteiger partial charge in [-0.15, -0.1) is 0 Å². The Hall–Kier alpha value is -1.84. The van der Waals surface area contributed by atoms with Crippen LogP contribution in [0.4, 0.5) is 0 Å². The van der Waals surface area contributed by atoms with Crippen molar-refractivity contribution in [2.24, 2.45) is 10.9 Å². The zero-order valence-electron chi connectivity index (χ0n) is 15.2. The SMILES string of the molecule is NCCOCCOC/C(O)=C/OC(=O)CO/N=C/[C@@H](O)[C@H](O)[C@H](O)[C@H](O)CO. The summed E-state index contributed by atoms with van der Waals surface area (Å²) in [7, 11) is 0. The third-order valence-corrected chi connectivity index (χ3v) is 2.96. The van der Waals surface area contributed by atoms with Crippen molar-refractivity contribution in [1.82, 2.24) is 0 Å². The van der Waals surface area contributed by atoms with Gasteiger partial charge in [-0.1, -0.05) is 5.16 Å². The maximum absolute atomic E-state index is 11.3. The molecule has 4 atom stereocenters. The predicted molar refractivity (Wildman–Crippen MR) is 93.1 cm³/mol. The van der Waals surface area contributed by atoms with E-state index in [-0.39, 0.29) is 19.0 Å². The summed E-state index contributed by atoms with van der Waals surface area (Å²) in [5.41, 5.74) is 5.23. The zero-order valence-corrected chi connectivity index (χ0v) is 15.2. The van der Waals surface area contributed by atoms with Crippen LogP contribution in [0.3, 0.4) is 0 Å². The molecule has 13 heteroatoms. The van der Waals surface area contributed by atoms with Gasteiger partial charge >= 0.3 is 5.97 Å². The molecule has 0 unspecified atom stereocenters. The molecule has 0 aliphatic rings. The maximum atomic E-state index is 11.3. The molecule has 0 bridgehead atoms. The summed E-state index contributed by atoms with van der Waals surface area (Å²) in [6.07, 6.45) is -5.64. The van der Waals surface area contributed by atoms with Crippen molar-refractivity contribution in [1.29, 1.82) is 0 Å². The van der Waals surface area contributed by atoms with Crippen LogP contribution in [-0.2, 0) is 23.8 Å². The molecule has 0 heterocycles. The lowest BCUT2D eigenvalue weighted by Gasteiger charge is -2.23. The molecular formula is C15H28N2O11. The van der Waals surface area contributed by atoms with Crippen molar-refractivity contribution >= 4 is 12.2 Å². The maximum Gasteiger partial charge on any atom is 0.351 e. The minimum atomic E-state index is -1.85. The molecule has 0 saturated carbocycles. The van der Waals surface area contributed by atoms with E-state index in [0.29, 0.717) is 26.0 Å². The number of nitrogens with two attached hydrogens (primary N) is 1. The van der Waals surface area contributed by atoms with Crippen LogP contribution in [0.5, 0.6) is 0 Å². The second kappa shape index (κ2) is 16.1. The van der Waals surface area contributed by atoms with Gasteiger partial charge in [0, 0.05) is 6.54 Å². The van der Waals surface area contributed by atoms with Crippen molar-refractivity contribution in [2.45, 2.75) is 24.4 Å². The van der Waals surface area contributed by atoms with Gasteiger partial charge < -0.3 is 55.4 Å². The van der Waals surface area contributed by atoms with Gasteiger partial charge in [-0.25, -0.2) is 4.79 Å². The number of nitrogens with zero attached hydrogens (tertiary/aromatic N) is 1. The smallest absolute Gasteiger partial charge is 0.351 e. The van der Waals surface area contributed by atoms with E-state index in [1.54, 1.807) is 0 Å². The van der Waals surface area contributed by atoms with Gasteiger partial charge in [-0.3, -0.25) is 0 Å². The summed E-state index contributed by atoms with van der Waals surface area (Å²) in [6, 6.07) is 0. The first-order valence-electron chi connectivity index (χ1n) is 8.25. The molecule has 164 valence electrons. The number of esters is 1. The molecule has 8 N–H and O–H groups in total. The minimum Gasteiger partial charge on any atom is -0.507 e. The van der Waals surface area contributed by atoms with Crippen LogP contribution in [0.1, 0.15) is 0 Å². The fraction of sp³-hybridized carbons (Fsp3) is 0.733. The summed E-state index contributed by atoms with van der Waals surface area (Å²) < 4.78 is 14.6. The number of aliphatic hydroxyl groups is 6. The fourth-order valence-corrected chi connectivity index (χ4v) is 1.50. The molecule has 0 aliphatic heterocycles. The molecule has 28 heavy (non-hydrogen) atoms. The average molecular weight is 412 g/mol. The van der Waals surface area contributed by atoms with Crippen molar-refractivity contribution in [3.63, 3.8) is 0 Å². The summed E-state index contributed by atoms with van der Waals surface area (Å²) in [4.78, 5) is 15.9. The average Bonchev–Trinajstić information content (AvgIpc) is 2.70. The Morgan fingerprint density at radius 1 is 1.04 bits per heavy atom. The normalized spacial score (nSPS) is 16.6. The van der Waals surface area contributed by atoms with Crippen molar-refractivity contribution in [3.05, 3.63) is 12.0 Å². The summed E-state index contributed by atoms with van der Waals surface area (Å²) in [5, 5.41) is 58.8. The highest BCUT2D eigenvalue weighted by Gasteiger charge is 2.29. The first kappa shape index (κ1) is 26.2. The third kappa shape index (κ3) is 12.5. The molecule has 0 amide bonds. The highest BCUT2D eigenvalue weighted by molar-refractivity contribution is 5.71. The number of hydrogen-bond acceptors (Lipinski definition) is 13. The Bertz CT molecular complexity index is 475. The number of aliphatic hydroxyl groups excluding tert-OH is 6. The van der Waals surface area contributed by atoms with Gasteiger partial charge in [0.05, 0.1) is 32.6 Å². The number of carbonyl (C=O) groups is 1. The Morgan fingerprint density at radius 2 is 1.71 bits per heavy atom. The van der Waals surface area contributed by atoms with Gasteiger partial charge in [0.2, 0.25) is 6.61 Å². The number of rotatable bonds is 16. The van der Waals surface area contributed by atoms with E-state index in [0.717, 1.165) is 6.26 Å². The number of ether oxygens (including phenoxy) is 3. The highest BCUT2D eigenvalue weighted by Crippen LogP contribution is 2.04. The third-order valence-electron chi connectivity index (χ3n) is 2.96. The van der Waals surface area contributed by atoms with E-state index in [9.17, 15) is 25.2 Å². The first-order valence-corrected chi connectivity index (χ1v) is 8.25. The van der Waals surface area contributed by atoms with E-state index in [2.05, 4.69) is 14.7 Å². The first-order chi connectivity index (χ1) is 13.3. The molecule has 0 aromatic heterocycles. The van der Waals surface area contributed by atoms with Crippen molar-refractivity contribution < 1.29 is 54.5 Å². The molecule has 0 aromatic carbocycles. The largest absolute Gasteiger partial charge is 0.507 e. The molecule has 0 radical (unpaired) electrons. The van der Waals surface area contributed by atoms with E-state index in [4.69, 9.17) is 25.4 Å². The van der Waals surface area contributed by atoms with Crippen LogP contribution in [0.2, 0.25) is 0 Å². The molecule has 0 aliphatic carbocycles. The monoisotopic (exact) mass is 412 g/mol. The second-order valence-electron chi connectivity index (χ2n) is 5.30. The molecule has 0 rings (SSSR count). The fourth-order valence-electron chi connectivity index (χ4n) is 1.50. The van der Waals surface area contributed by atoms with Crippen LogP contribution in [0, 0.1) is 0 Å². The number of carbonyl (C=O) groups excluding carboxylic acids is 1. The van der Waals surface area contributed by atoms with E-state index in [1.807, 2.05) is 0 Å². The van der Waals surface area contributed by atoms with E-state index < -0.39 is 43.6 Å². The van der Waals surface area contributed by atoms with Crippen molar-refractivity contribution in [2.75, 3.05) is 46.2 Å². The van der Waals surface area contributed by atoms with Gasteiger partial charge in [-0.2, -0.15) is 0 Å². The standard InChI is InChI=1S/C15H28N2O11/c16-1-2-25-3-4-26-7-10(19)8-27-13(22)9-28-17-5-11(20)14(23)15(24)12(21)6-18/h5,8,11-12,14-15,18-21,23-24H,1-4,6-7,9,16H2/b10-8-,17-5+/t11-,12-,14+,15-/m1/s1. The molecule has 13 nitrogen and oxygen atoms in total. The quantitative estimate of drug-likeness (QED) is 0.0430. The lowest BCUT2D eigenvalue weighted by Crippen LogP contribution is -2.46. The molecule has 0 aromatic rings.